The maximum atomic E-state index is 3.53. The minimum Gasteiger partial charge on any atom is -0.0471 e. The largest absolute Gasteiger partial charge is 0.249 e. The minimum absolute atomic E-state index is 0.200. The van der Waals surface area contributed by atoms with Crippen LogP contribution in [0.1, 0.15) is 0 Å². The summed E-state index contributed by atoms with van der Waals surface area (Å²) >= 11 is 13.9. The second-order valence-corrected chi connectivity index (χ2v) is 11.5. The monoisotopic (exact) mass is 417 g/mol. The van der Waals surface area contributed by atoms with Crippen LogP contribution in [0.15, 0.2) is 8.30 Å². The van der Waals surface area contributed by atoms with Gasteiger partial charge < -0.3 is 0 Å². The average molecular weight is 421 g/mol. The summed E-state index contributed by atoms with van der Waals surface area (Å²) in [5.74, 6) is 0. The van der Waals surface area contributed by atoms with E-state index in [1.165, 1.54) is 8.30 Å². The van der Waals surface area contributed by atoms with E-state index in [0.717, 1.165) is 0 Å². The van der Waals surface area contributed by atoms with Gasteiger partial charge in [0.05, 0.1) is 4.48 Å². The molecule has 0 spiro atoms. The Morgan fingerprint density at radius 1 is 1.44 bits per heavy atom. The van der Waals surface area contributed by atoms with Gasteiger partial charge in [0, 0.05) is 0 Å². The SMILES string of the molecule is BrC1=C(Br)C(Br)[S+](Br)S1. The van der Waals surface area contributed by atoms with Crippen LogP contribution in [0.3, 0.4) is 0 Å². The van der Waals surface area contributed by atoms with Gasteiger partial charge >= 0.3 is 0 Å². The molecule has 0 aromatic rings. The van der Waals surface area contributed by atoms with E-state index >= 15 is 0 Å². The van der Waals surface area contributed by atoms with E-state index in [9.17, 15) is 0 Å². The predicted molar refractivity (Wildman–Crippen MR) is 61.5 cm³/mol. The summed E-state index contributed by atoms with van der Waals surface area (Å²) in [7, 11) is 1.98. The highest BCUT2D eigenvalue weighted by molar-refractivity contribution is 9.61. The number of alkyl halides is 1. The van der Waals surface area contributed by atoms with Crippen molar-refractivity contribution in [1.82, 2.24) is 0 Å². The molecule has 0 saturated heterocycles. The third kappa shape index (κ3) is 2.15. The summed E-state index contributed by atoms with van der Waals surface area (Å²) in [4.78, 5) is 0. The summed E-state index contributed by atoms with van der Waals surface area (Å²) < 4.78 is 2.81. The van der Waals surface area contributed by atoms with E-state index in [4.69, 9.17) is 0 Å². The smallest absolute Gasteiger partial charge is 0.0471 e. The highest BCUT2D eigenvalue weighted by Crippen LogP contribution is 2.52. The summed E-state index contributed by atoms with van der Waals surface area (Å²) in [5, 5.41) is 0. The Bertz CT molecular complexity index is 156. The summed E-state index contributed by atoms with van der Waals surface area (Å²) in [6.07, 6.45) is 0. The van der Waals surface area contributed by atoms with Gasteiger partial charge in [-0.2, -0.15) is 0 Å². The average Bonchev–Trinajstić information content (AvgIpc) is 1.98. The first kappa shape index (κ1) is 9.45. The predicted octanol–water partition coefficient (Wildman–Crippen LogP) is 4.26. The van der Waals surface area contributed by atoms with Gasteiger partial charge in [0.25, 0.3) is 0 Å². The molecule has 52 valence electrons. The van der Waals surface area contributed by atoms with Crippen LogP contribution in [-0.2, 0) is 8.36 Å². The van der Waals surface area contributed by atoms with E-state index in [1.54, 1.807) is 10.8 Å². The van der Waals surface area contributed by atoms with Crippen LogP contribution in [0.5, 0.6) is 0 Å². The lowest BCUT2D eigenvalue weighted by molar-refractivity contribution is 1.69. The van der Waals surface area contributed by atoms with Crippen LogP contribution >= 0.6 is 73.4 Å². The lowest BCUT2D eigenvalue weighted by atomic mass is 10.7. The third-order valence-corrected chi connectivity index (χ3v) is 13.6. The van der Waals surface area contributed by atoms with E-state index in [2.05, 4.69) is 62.6 Å². The van der Waals surface area contributed by atoms with Crippen molar-refractivity contribution in [3.05, 3.63) is 8.30 Å². The molecule has 0 nitrogen and oxygen atoms in total. The maximum absolute atomic E-state index is 3.53. The zero-order valence-corrected chi connectivity index (χ0v) is 11.9. The van der Waals surface area contributed by atoms with Gasteiger partial charge in [-0.3, -0.25) is 0 Å². The fraction of sp³-hybridized carbons (Fsp3) is 0.333. The first-order valence-corrected chi connectivity index (χ1v) is 8.86. The molecule has 1 aliphatic heterocycles. The van der Waals surface area contributed by atoms with Gasteiger partial charge in [0.2, 0.25) is 19.0 Å². The lowest BCUT2D eigenvalue weighted by Crippen LogP contribution is -1.96. The second kappa shape index (κ2) is 3.85. The zero-order chi connectivity index (χ0) is 7.02. The number of hydrogen-bond acceptors (Lipinski definition) is 1. The van der Waals surface area contributed by atoms with Crippen molar-refractivity contribution in [3.8, 4) is 0 Å². The molecule has 2 unspecified atom stereocenters. The Morgan fingerprint density at radius 2 is 2.00 bits per heavy atom. The van der Waals surface area contributed by atoms with Crippen molar-refractivity contribution in [2.24, 2.45) is 0 Å². The van der Waals surface area contributed by atoms with Gasteiger partial charge in [0.15, 0.2) is 19.2 Å². The molecule has 0 fully saturated rings. The molecule has 6 heteroatoms. The standard InChI is InChI=1S/C3HBr4S2/c4-1-2(5)8-9(7)3(1)6/h3H/q+1. The Morgan fingerprint density at radius 3 is 2.11 bits per heavy atom. The Kier molecular flexibility index (Phi) is 4.04. The van der Waals surface area contributed by atoms with Crippen LogP contribution in [0.4, 0.5) is 0 Å². The van der Waals surface area contributed by atoms with Crippen molar-refractivity contribution in [3.63, 3.8) is 0 Å². The molecule has 0 radical (unpaired) electrons. The van der Waals surface area contributed by atoms with Gasteiger partial charge in [0.1, 0.15) is 3.81 Å². The first-order valence-electron chi connectivity index (χ1n) is 1.90. The third-order valence-electron chi connectivity index (χ3n) is 0.703. The number of rotatable bonds is 0. The van der Waals surface area contributed by atoms with Crippen molar-refractivity contribution in [2.45, 2.75) is 4.16 Å². The van der Waals surface area contributed by atoms with Crippen molar-refractivity contribution in [2.75, 3.05) is 0 Å². The van der Waals surface area contributed by atoms with Crippen LogP contribution < -0.4 is 0 Å². The maximum Gasteiger partial charge on any atom is 0.249 e. The molecule has 0 aliphatic carbocycles. The minimum atomic E-state index is 0.200. The molecule has 1 heterocycles. The molecular formula is C3HBr4S2+. The second-order valence-electron chi connectivity index (χ2n) is 1.27. The fourth-order valence-corrected chi connectivity index (χ4v) is 11.0. The molecule has 0 aromatic carbocycles. The molecular weight excluding hydrogens is 420 g/mol. The van der Waals surface area contributed by atoms with Crippen molar-refractivity contribution >= 4 is 81.8 Å². The molecule has 1 aliphatic rings. The number of hydrogen-bond donors (Lipinski definition) is 0. The summed E-state index contributed by atoms with van der Waals surface area (Å²) in [6.45, 7) is 0. The van der Waals surface area contributed by atoms with E-state index in [-0.39, 0.29) is 8.36 Å². The van der Waals surface area contributed by atoms with Crippen LogP contribution in [0, 0.1) is 0 Å². The molecule has 0 aromatic heterocycles. The topological polar surface area (TPSA) is 0 Å². The first-order chi connectivity index (χ1) is 4.13. The molecule has 0 saturated carbocycles. The highest BCUT2D eigenvalue weighted by atomic mass is 79.9. The molecule has 2 atom stereocenters. The number of halogens is 4. The van der Waals surface area contributed by atoms with E-state index < -0.39 is 0 Å². The van der Waals surface area contributed by atoms with E-state index in [0.29, 0.717) is 4.16 Å². The lowest BCUT2D eigenvalue weighted by Gasteiger charge is -1.90. The van der Waals surface area contributed by atoms with Crippen molar-refractivity contribution in [1.29, 1.82) is 0 Å². The van der Waals surface area contributed by atoms with Gasteiger partial charge in [-0.05, 0) is 47.8 Å². The normalized spacial score (nSPS) is 36.0. The van der Waals surface area contributed by atoms with E-state index in [1.807, 2.05) is 0 Å². The Balaban J connectivity index is 2.74. The van der Waals surface area contributed by atoms with Gasteiger partial charge in [-0.1, -0.05) is 0 Å². The van der Waals surface area contributed by atoms with Gasteiger partial charge in [-0.25, -0.2) is 0 Å². The van der Waals surface area contributed by atoms with Crippen LogP contribution in [0.2, 0.25) is 0 Å². The molecule has 0 N–H and O–H groups in total. The van der Waals surface area contributed by atoms with Crippen LogP contribution in [-0.4, -0.2) is 4.16 Å². The highest BCUT2D eigenvalue weighted by Gasteiger charge is 2.41. The molecule has 0 amide bonds. The zero-order valence-electron chi connectivity index (χ0n) is 3.91. The molecule has 9 heavy (non-hydrogen) atoms. The molecule has 1 rings (SSSR count). The quantitative estimate of drug-likeness (QED) is 0.321. The summed E-state index contributed by atoms with van der Waals surface area (Å²) in [6, 6.07) is 0. The molecule has 0 bridgehead atoms. The fourth-order valence-electron chi connectivity index (χ4n) is 0.323. The Labute approximate surface area is 92.9 Å². The van der Waals surface area contributed by atoms with Gasteiger partial charge in [-0.15, -0.1) is 0 Å². The van der Waals surface area contributed by atoms with Crippen molar-refractivity contribution < 1.29 is 0 Å². The van der Waals surface area contributed by atoms with Crippen LogP contribution in [0.25, 0.3) is 0 Å². The summed E-state index contributed by atoms with van der Waals surface area (Å²) in [5.41, 5.74) is 0. The Hall–Kier alpha value is 2.36.